The van der Waals surface area contributed by atoms with E-state index in [9.17, 15) is 9.50 Å². The summed E-state index contributed by atoms with van der Waals surface area (Å²) < 4.78 is 19.3. The lowest BCUT2D eigenvalue weighted by Gasteiger charge is -2.11. The van der Waals surface area contributed by atoms with Gasteiger partial charge in [-0.1, -0.05) is 28.9 Å². The highest BCUT2D eigenvalue weighted by molar-refractivity contribution is 9.10. The third-order valence-electron chi connectivity index (χ3n) is 2.13. The van der Waals surface area contributed by atoms with Gasteiger partial charge in [-0.25, -0.2) is 4.39 Å². The molecule has 0 aromatic heterocycles. The van der Waals surface area contributed by atoms with Crippen LogP contribution in [-0.2, 0) is 11.2 Å². The lowest BCUT2D eigenvalue weighted by Crippen LogP contribution is -2.19. The normalized spacial score (nSPS) is 12.8. The van der Waals surface area contributed by atoms with Crippen LogP contribution in [0, 0.1) is 5.82 Å². The Morgan fingerprint density at radius 3 is 2.88 bits per heavy atom. The summed E-state index contributed by atoms with van der Waals surface area (Å²) in [5.74, 6) is -0.302. The van der Waals surface area contributed by atoms with E-state index < -0.39 is 6.10 Å². The van der Waals surface area contributed by atoms with Gasteiger partial charge in [0.2, 0.25) is 0 Å². The highest BCUT2D eigenvalue weighted by atomic mass is 79.9. The predicted molar refractivity (Wildman–Crippen MR) is 64.9 cm³/mol. The fourth-order valence-corrected chi connectivity index (χ4v) is 1.70. The molecule has 0 fully saturated rings. The molecule has 0 heterocycles. The minimum absolute atomic E-state index is 0.253. The van der Waals surface area contributed by atoms with E-state index in [1.807, 2.05) is 6.92 Å². The third-order valence-corrected chi connectivity index (χ3v) is 2.62. The lowest BCUT2D eigenvalue weighted by atomic mass is 10.1. The summed E-state index contributed by atoms with van der Waals surface area (Å²) >= 11 is 3.19. The summed E-state index contributed by atoms with van der Waals surface area (Å²) in [6.45, 7) is 2.88. The van der Waals surface area contributed by atoms with Crippen molar-refractivity contribution in [3.8, 4) is 0 Å². The van der Waals surface area contributed by atoms with Crippen molar-refractivity contribution in [2.24, 2.45) is 0 Å². The summed E-state index contributed by atoms with van der Waals surface area (Å²) in [6.07, 6.45) is 0.546. The minimum atomic E-state index is -0.651. The Bertz CT molecular complexity index is 331. The van der Waals surface area contributed by atoms with Crippen LogP contribution in [0.5, 0.6) is 0 Å². The number of ether oxygens (including phenoxy) is 1. The zero-order chi connectivity index (χ0) is 12.0. The monoisotopic (exact) mass is 290 g/mol. The molecule has 0 spiro atoms. The van der Waals surface area contributed by atoms with Crippen molar-refractivity contribution in [1.29, 1.82) is 0 Å². The van der Waals surface area contributed by atoms with Gasteiger partial charge in [0.25, 0.3) is 0 Å². The Hall–Kier alpha value is -0.450. The van der Waals surface area contributed by atoms with E-state index in [0.29, 0.717) is 16.6 Å². The first-order valence-corrected chi connectivity index (χ1v) is 6.12. The van der Waals surface area contributed by atoms with Gasteiger partial charge in [-0.3, -0.25) is 0 Å². The molecule has 0 saturated carbocycles. The average Bonchev–Trinajstić information content (AvgIpc) is 2.23. The van der Waals surface area contributed by atoms with Crippen molar-refractivity contribution in [3.05, 3.63) is 34.1 Å². The van der Waals surface area contributed by atoms with Crippen LogP contribution in [0.25, 0.3) is 0 Å². The standard InChI is InChI=1S/C12H16BrFO2/c1-2-5-16-8-11(15)6-9-3-4-10(13)7-12(9)14/h3-4,7,11,15H,2,5-6,8H2,1H3. The second-order valence-electron chi connectivity index (χ2n) is 3.67. The van der Waals surface area contributed by atoms with Gasteiger partial charge in [0.05, 0.1) is 12.7 Å². The van der Waals surface area contributed by atoms with Gasteiger partial charge in [-0.15, -0.1) is 0 Å². The second kappa shape index (κ2) is 6.99. The smallest absolute Gasteiger partial charge is 0.127 e. The molecule has 1 aromatic rings. The maximum atomic E-state index is 13.4. The quantitative estimate of drug-likeness (QED) is 0.817. The summed E-state index contributed by atoms with van der Waals surface area (Å²) in [5, 5.41) is 9.62. The SMILES string of the molecule is CCCOCC(O)Cc1ccc(Br)cc1F. The number of aliphatic hydroxyl groups is 1. The molecule has 1 atom stereocenters. The van der Waals surface area contributed by atoms with Crippen LogP contribution in [0.3, 0.4) is 0 Å². The van der Waals surface area contributed by atoms with E-state index in [-0.39, 0.29) is 18.8 Å². The molecule has 0 amide bonds. The number of hydrogen-bond donors (Lipinski definition) is 1. The molecule has 2 nitrogen and oxygen atoms in total. The van der Waals surface area contributed by atoms with Crippen molar-refractivity contribution in [2.45, 2.75) is 25.9 Å². The van der Waals surface area contributed by atoms with Gasteiger partial charge in [0.1, 0.15) is 5.82 Å². The van der Waals surface area contributed by atoms with Gasteiger partial charge in [-0.2, -0.15) is 0 Å². The Morgan fingerprint density at radius 1 is 1.50 bits per heavy atom. The highest BCUT2D eigenvalue weighted by Crippen LogP contribution is 2.16. The molecule has 1 N–H and O–H groups in total. The molecule has 1 rings (SSSR count). The summed E-state index contributed by atoms with van der Waals surface area (Å²) in [5.41, 5.74) is 0.510. The van der Waals surface area contributed by atoms with E-state index in [0.717, 1.165) is 6.42 Å². The van der Waals surface area contributed by atoms with Crippen molar-refractivity contribution < 1.29 is 14.2 Å². The molecule has 90 valence electrons. The topological polar surface area (TPSA) is 29.5 Å². The maximum absolute atomic E-state index is 13.4. The maximum Gasteiger partial charge on any atom is 0.127 e. The average molecular weight is 291 g/mol. The number of rotatable bonds is 6. The first kappa shape index (κ1) is 13.6. The van der Waals surface area contributed by atoms with E-state index in [1.165, 1.54) is 6.07 Å². The third kappa shape index (κ3) is 4.60. The largest absolute Gasteiger partial charge is 0.390 e. The molecule has 0 aliphatic rings. The molecular weight excluding hydrogens is 275 g/mol. The summed E-state index contributed by atoms with van der Waals surface area (Å²) in [4.78, 5) is 0. The van der Waals surface area contributed by atoms with Crippen molar-refractivity contribution in [1.82, 2.24) is 0 Å². The molecule has 0 radical (unpaired) electrons. The van der Waals surface area contributed by atoms with E-state index in [2.05, 4.69) is 15.9 Å². The van der Waals surface area contributed by atoms with Gasteiger partial charge in [0, 0.05) is 17.5 Å². The Labute approximate surface area is 104 Å². The van der Waals surface area contributed by atoms with Crippen LogP contribution in [0.15, 0.2) is 22.7 Å². The van der Waals surface area contributed by atoms with Crippen LogP contribution in [-0.4, -0.2) is 24.4 Å². The number of halogens is 2. The van der Waals surface area contributed by atoms with E-state index in [4.69, 9.17) is 4.74 Å². The minimum Gasteiger partial charge on any atom is -0.390 e. The molecule has 1 aromatic carbocycles. The molecule has 16 heavy (non-hydrogen) atoms. The Morgan fingerprint density at radius 2 is 2.25 bits per heavy atom. The molecule has 0 aliphatic carbocycles. The van der Waals surface area contributed by atoms with Gasteiger partial charge in [-0.05, 0) is 24.1 Å². The van der Waals surface area contributed by atoms with Crippen molar-refractivity contribution >= 4 is 15.9 Å². The fourth-order valence-electron chi connectivity index (χ4n) is 1.36. The van der Waals surface area contributed by atoms with Gasteiger partial charge < -0.3 is 9.84 Å². The molecule has 1 unspecified atom stereocenters. The van der Waals surface area contributed by atoms with Crippen LogP contribution in [0.4, 0.5) is 4.39 Å². The van der Waals surface area contributed by atoms with Crippen LogP contribution in [0.1, 0.15) is 18.9 Å². The number of benzene rings is 1. The molecule has 4 heteroatoms. The van der Waals surface area contributed by atoms with Gasteiger partial charge >= 0.3 is 0 Å². The summed E-state index contributed by atoms with van der Waals surface area (Å²) in [6, 6.07) is 4.83. The predicted octanol–water partition coefficient (Wildman–Crippen LogP) is 2.92. The first-order valence-electron chi connectivity index (χ1n) is 5.33. The second-order valence-corrected chi connectivity index (χ2v) is 4.58. The zero-order valence-electron chi connectivity index (χ0n) is 9.25. The van der Waals surface area contributed by atoms with Crippen molar-refractivity contribution in [3.63, 3.8) is 0 Å². The van der Waals surface area contributed by atoms with E-state index >= 15 is 0 Å². The van der Waals surface area contributed by atoms with Gasteiger partial charge in [0.15, 0.2) is 0 Å². The van der Waals surface area contributed by atoms with Crippen LogP contribution in [0.2, 0.25) is 0 Å². The Balaban J connectivity index is 2.46. The lowest BCUT2D eigenvalue weighted by molar-refractivity contribution is 0.0370. The van der Waals surface area contributed by atoms with Crippen molar-refractivity contribution in [2.75, 3.05) is 13.2 Å². The molecule has 0 saturated heterocycles. The molecule has 0 aliphatic heterocycles. The first-order chi connectivity index (χ1) is 7.63. The Kier molecular flexibility index (Phi) is 5.95. The zero-order valence-corrected chi connectivity index (χ0v) is 10.8. The number of aliphatic hydroxyl groups excluding tert-OH is 1. The molecular formula is C12H16BrFO2. The van der Waals surface area contributed by atoms with Crippen LogP contribution >= 0.6 is 15.9 Å². The molecule has 0 bridgehead atoms. The summed E-state index contributed by atoms with van der Waals surface area (Å²) in [7, 11) is 0. The van der Waals surface area contributed by atoms with E-state index in [1.54, 1.807) is 12.1 Å². The van der Waals surface area contributed by atoms with Crippen LogP contribution < -0.4 is 0 Å². The fraction of sp³-hybridized carbons (Fsp3) is 0.500. The highest BCUT2D eigenvalue weighted by Gasteiger charge is 2.09. The number of hydrogen-bond acceptors (Lipinski definition) is 2.